The van der Waals surface area contributed by atoms with E-state index in [9.17, 15) is 40.9 Å². The van der Waals surface area contributed by atoms with Crippen LogP contribution in [-0.2, 0) is 37.9 Å². The van der Waals surface area contributed by atoms with Gasteiger partial charge in [0.1, 0.15) is 61.0 Å². The molecule has 16 nitrogen and oxygen atoms in total. The van der Waals surface area contributed by atoms with Crippen molar-refractivity contribution in [2.75, 3.05) is 66.1 Å². The van der Waals surface area contributed by atoms with Crippen LogP contribution in [0, 0.1) is 23.7 Å². The Labute approximate surface area is 360 Å². The first-order valence-corrected chi connectivity index (χ1v) is 22.9. The van der Waals surface area contributed by atoms with E-state index in [1.54, 1.807) is 0 Å². The number of rotatable bonds is 37. The molecule has 2 aliphatic heterocycles. The maximum atomic E-state index is 10.4. The zero-order valence-corrected chi connectivity index (χ0v) is 37.6. The van der Waals surface area contributed by atoms with Gasteiger partial charge in [-0.2, -0.15) is 0 Å². The van der Waals surface area contributed by atoms with Gasteiger partial charge in [-0.3, -0.25) is 0 Å². The average Bonchev–Trinajstić information content (AvgIpc) is 3.66. The van der Waals surface area contributed by atoms with Crippen molar-refractivity contribution in [1.82, 2.24) is 0 Å². The number of ether oxygens (including phenoxy) is 8. The van der Waals surface area contributed by atoms with Crippen LogP contribution < -0.4 is 0 Å². The predicted octanol–water partition coefficient (Wildman–Crippen LogP) is 2.69. The molecule has 14 atom stereocenters. The minimum atomic E-state index is -1.40. The Morgan fingerprint density at radius 2 is 0.833 bits per heavy atom. The fourth-order valence-electron chi connectivity index (χ4n) is 7.26. The van der Waals surface area contributed by atoms with Crippen molar-refractivity contribution in [3.8, 4) is 0 Å². The van der Waals surface area contributed by atoms with Gasteiger partial charge in [0.25, 0.3) is 0 Å². The van der Waals surface area contributed by atoms with Crippen LogP contribution in [0.25, 0.3) is 0 Å². The second-order valence-electron chi connectivity index (χ2n) is 18.1. The maximum Gasteiger partial charge on any atom is 0.186 e. The van der Waals surface area contributed by atoms with Crippen LogP contribution >= 0.6 is 0 Å². The van der Waals surface area contributed by atoms with Crippen LogP contribution in [0.5, 0.6) is 0 Å². The first-order valence-electron chi connectivity index (χ1n) is 22.9. The Morgan fingerprint density at radius 3 is 1.18 bits per heavy atom. The van der Waals surface area contributed by atoms with Gasteiger partial charge < -0.3 is 78.7 Å². The largest absolute Gasteiger partial charge is 0.394 e. The molecule has 0 aromatic carbocycles. The van der Waals surface area contributed by atoms with Crippen molar-refractivity contribution in [2.45, 2.75) is 192 Å². The molecule has 60 heavy (non-hydrogen) atoms. The minimum absolute atomic E-state index is 0.0477. The maximum absolute atomic E-state index is 10.4. The van der Waals surface area contributed by atoms with Crippen LogP contribution in [0.3, 0.4) is 0 Å². The van der Waals surface area contributed by atoms with E-state index in [4.69, 9.17) is 37.9 Å². The fraction of sp³-hybridized carbons (Fsp3) is 1.00. The highest BCUT2D eigenvalue weighted by molar-refractivity contribution is 4.91. The van der Waals surface area contributed by atoms with Gasteiger partial charge in [0.15, 0.2) is 12.6 Å². The molecule has 0 aromatic rings. The summed E-state index contributed by atoms with van der Waals surface area (Å²) in [5.41, 5.74) is 0. The average molecular weight is 871 g/mol. The van der Waals surface area contributed by atoms with Crippen molar-refractivity contribution < 1.29 is 78.7 Å². The monoisotopic (exact) mass is 871 g/mol. The molecule has 0 bridgehead atoms. The van der Waals surface area contributed by atoms with Gasteiger partial charge in [-0.15, -0.1) is 0 Å². The minimum Gasteiger partial charge on any atom is -0.394 e. The van der Waals surface area contributed by atoms with Crippen LogP contribution in [0.2, 0.25) is 0 Å². The molecule has 2 rings (SSSR count). The lowest BCUT2D eigenvalue weighted by atomic mass is 9.98. The van der Waals surface area contributed by atoms with E-state index in [-0.39, 0.29) is 26.4 Å². The van der Waals surface area contributed by atoms with E-state index in [0.717, 1.165) is 51.4 Å². The number of aliphatic hydroxyl groups excluding tert-OH is 8. The van der Waals surface area contributed by atoms with E-state index in [2.05, 4.69) is 41.5 Å². The van der Waals surface area contributed by atoms with Crippen LogP contribution in [0.4, 0.5) is 0 Å². The van der Waals surface area contributed by atoms with Gasteiger partial charge in [-0.1, -0.05) is 92.9 Å². The molecule has 0 radical (unpaired) electrons. The summed E-state index contributed by atoms with van der Waals surface area (Å²) in [5, 5.41) is 79.8. The van der Waals surface area contributed by atoms with E-state index in [0.29, 0.717) is 50.1 Å². The van der Waals surface area contributed by atoms with Crippen molar-refractivity contribution in [3.63, 3.8) is 0 Å². The molecule has 0 unspecified atom stereocenters. The third-order valence-electron chi connectivity index (χ3n) is 11.4. The lowest BCUT2D eigenvalue weighted by molar-refractivity contribution is -0.198. The molecular formula is C44H86O16. The first kappa shape index (κ1) is 55.5. The molecule has 16 heteroatoms. The van der Waals surface area contributed by atoms with Crippen LogP contribution in [-0.4, -0.2) is 181 Å². The SMILES string of the molecule is CC(C)CCC[C@@H](C)CCO[C@H](COCCCCCCOC[C@H](CO[C@@H]1O[C@@H]([C@H](O)CO)[C@H](O)[C@H]1O)OCC[C@H](C)CCCC(C)C)CO[C@@H]1O[C@@H]([C@H](O)CO)[C@H](O)[C@H]1O. The van der Waals surface area contributed by atoms with Gasteiger partial charge in [-0.25, -0.2) is 0 Å². The molecule has 0 aromatic heterocycles. The second kappa shape index (κ2) is 32.1. The zero-order valence-electron chi connectivity index (χ0n) is 37.6. The third-order valence-corrected chi connectivity index (χ3v) is 11.4. The highest BCUT2D eigenvalue weighted by Gasteiger charge is 2.47. The van der Waals surface area contributed by atoms with Gasteiger partial charge in [0.2, 0.25) is 0 Å². The number of hydrogen-bond acceptors (Lipinski definition) is 16. The van der Waals surface area contributed by atoms with E-state index < -0.39 is 86.8 Å². The summed E-state index contributed by atoms with van der Waals surface area (Å²) in [4.78, 5) is 0. The summed E-state index contributed by atoms with van der Waals surface area (Å²) in [7, 11) is 0. The summed E-state index contributed by atoms with van der Waals surface area (Å²) in [6, 6.07) is 0. The lowest BCUT2D eigenvalue weighted by Crippen LogP contribution is -2.40. The fourth-order valence-corrected chi connectivity index (χ4v) is 7.26. The highest BCUT2D eigenvalue weighted by Crippen LogP contribution is 2.27. The molecule has 8 N–H and O–H groups in total. The molecule has 0 aliphatic carbocycles. The van der Waals surface area contributed by atoms with Crippen LogP contribution in [0.1, 0.15) is 119 Å². The zero-order chi connectivity index (χ0) is 44.5. The Balaban J connectivity index is 1.75. The molecule has 2 fully saturated rings. The number of unbranched alkanes of at least 4 members (excludes halogenated alkanes) is 3. The van der Waals surface area contributed by atoms with Crippen molar-refractivity contribution >= 4 is 0 Å². The third kappa shape index (κ3) is 22.3. The van der Waals surface area contributed by atoms with Crippen LogP contribution in [0.15, 0.2) is 0 Å². The standard InChI is InChI=1S/C44H86O16/c1-29(2)13-11-15-31(5)17-21-55-33(27-57-43-39(51)37(49)41(59-43)35(47)23-45)25-53-19-9-7-8-10-20-54-26-34(56-22-18-32(6)16-12-14-30(3)4)28-58-44-40(52)38(50)42(60-44)36(48)24-46/h29-52H,7-28H2,1-6H3/t31-,32-,33-,34-,35-,36-,37-,38-,39-,40-,41+,42+,43-,44-/m1/s1. The van der Waals surface area contributed by atoms with E-state index in [1.807, 2.05) is 0 Å². The summed E-state index contributed by atoms with van der Waals surface area (Å²) in [6.07, 6.45) is -1.55. The Kier molecular flexibility index (Phi) is 29.7. The first-order chi connectivity index (χ1) is 28.7. The molecule has 358 valence electrons. The molecule has 0 spiro atoms. The smallest absolute Gasteiger partial charge is 0.186 e. The van der Waals surface area contributed by atoms with Gasteiger partial charge in [-0.05, 0) is 49.4 Å². The molecule has 2 saturated heterocycles. The topological polar surface area (TPSA) is 236 Å². The molecular weight excluding hydrogens is 784 g/mol. The van der Waals surface area contributed by atoms with Crippen molar-refractivity contribution in [1.29, 1.82) is 0 Å². The highest BCUT2D eigenvalue weighted by atomic mass is 16.7. The molecule has 2 heterocycles. The van der Waals surface area contributed by atoms with Crippen molar-refractivity contribution in [3.05, 3.63) is 0 Å². The van der Waals surface area contributed by atoms with E-state index >= 15 is 0 Å². The molecule has 0 amide bonds. The Hall–Kier alpha value is -0.640. The van der Waals surface area contributed by atoms with Gasteiger partial charge in [0.05, 0.1) is 39.6 Å². The van der Waals surface area contributed by atoms with E-state index in [1.165, 1.54) is 25.7 Å². The summed E-state index contributed by atoms with van der Waals surface area (Å²) < 4.78 is 46.9. The summed E-state index contributed by atoms with van der Waals surface area (Å²) in [6.45, 7) is 14.8. The molecule has 2 aliphatic rings. The lowest BCUT2D eigenvalue weighted by Gasteiger charge is -2.23. The molecule has 0 saturated carbocycles. The summed E-state index contributed by atoms with van der Waals surface area (Å²) in [5.74, 6) is 2.38. The number of aliphatic hydroxyl groups is 8. The normalized spacial score (nSPS) is 27.8. The summed E-state index contributed by atoms with van der Waals surface area (Å²) >= 11 is 0. The Morgan fingerprint density at radius 1 is 0.450 bits per heavy atom. The number of hydrogen-bond donors (Lipinski definition) is 8. The Bertz CT molecular complexity index is 949. The quantitative estimate of drug-likeness (QED) is 0.0419. The van der Waals surface area contributed by atoms with Gasteiger partial charge >= 0.3 is 0 Å². The second-order valence-corrected chi connectivity index (χ2v) is 18.1. The van der Waals surface area contributed by atoms with Gasteiger partial charge in [0, 0.05) is 26.4 Å². The predicted molar refractivity (Wildman–Crippen MR) is 224 cm³/mol. The van der Waals surface area contributed by atoms with Crippen molar-refractivity contribution in [2.24, 2.45) is 23.7 Å².